The van der Waals surface area contributed by atoms with Crippen molar-refractivity contribution in [1.82, 2.24) is 0 Å². The second-order valence-corrected chi connectivity index (χ2v) is 3.32. The van der Waals surface area contributed by atoms with Crippen molar-refractivity contribution in [1.29, 1.82) is 0 Å². The Labute approximate surface area is 92.7 Å². The zero-order chi connectivity index (χ0) is 13.4. The van der Waals surface area contributed by atoms with Crippen LogP contribution in [0.4, 0.5) is 22.0 Å². The summed E-state index contributed by atoms with van der Waals surface area (Å²) in [5.41, 5.74) is -3.36. The number of carbonyl (C=O) groups excluding carboxylic acids is 1. The number of Topliss-reactive ketones (excluding diaryl/α,β-unsaturated/α-hetero) is 1. The highest BCUT2D eigenvalue weighted by molar-refractivity contribution is 5.97. The highest BCUT2D eigenvalue weighted by atomic mass is 19.4. The summed E-state index contributed by atoms with van der Waals surface area (Å²) in [5.74, 6) is -2.25. The van der Waals surface area contributed by atoms with Crippen molar-refractivity contribution < 1.29 is 31.9 Å². The van der Waals surface area contributed by atoms with Gasteiger partial charge in [0.2, 0.25) is 0 Å². The number of rotatable bonds is 2. The molecule has 7 heteroatoms. The summed E-state index contributed by atoms with van der Waals surface area (Å²) in [6.45, 7) is 0.879. The van der Waals surface area contributed by atoms with Gasteiger partial charge in [0.05, 0.1) is 11.1 Å². The molecular weight excluding hydrogens is 247 g/mol. The average Bonchev–Trinajstić information content (AvgIpc) is 2.15. The molecule has 1 N–H and O–H groups in total. The van der Waals surface area contributed by atoms with E-state index in [0.29, 0.717) is 6.07 Å². The first-order valence-corrected chi connectivity index (χ1v) is 4.37. The zero-order valence-corrected chi connectivity index (χ0v) is 8.48. The van der Waals surface area contributed by atoms with Crippen molar-refractivity contribution in [2.75, 3.05) is 0 Å². The van der Waals surface area contributed by atoms with E-state index < -0.39 is 40.8 Å². The summed E-state index contributed by atoms with van der Waals surface area (Å²) in [4.78, 5) is 10.9. The largest absolute Gasteiger partial charge is 0.507 e. The van der Waals surface area contributed by atoms with Crippen molar-refractivity contribution in [3.63, 3.8) is 0 Å². The van der Waals surface area contributed by atoms with Crippen molar-refractivity contribution in [2.24, 2.45) is 0 Å². The fourth-order valence-corrected chi connectivity index (χ4v) is 1.27. The Balaban J connectivity index is 3.55. The maximum atomic E-state index is 12.4. The Morgan fingerprint density at radius 3 is 2.18 bits per heavy atom. The van der Waals surface area contributed by atoms with Gasteiger partial charge in [-0.05, 0) is 19.1 Å². The molecule has 0 fully saturated rings. The Hall–Kier alpha value is -1.66. The molecule has 0 bridgehead atoms. The van der Waals surface area contributed by atoms with Crippen LogP contribution in [0.1, 0.15) is 34.8 Å². The van der Waals surface area contributed by atoms with Gasteiger partial charge < -0.3 is 5.11 Å². The zero-order valence-electron chi connectivity index (χ0n) is 8.48. The van der Waals surface area contributed by atoms with Crippen LogP contribution >= 0.6 is 0 Å². The lowest BCUT2D eigenvalue weighted by molar-refractivity contribution is -0.138. The van der Waals surface area contributed by atoms with Crippen LogP contribution in [-0.4, -0.2) is 10.9 Å². The number of hydrogen-bond donors (Lipinski definition) is 1. The Kier molecular flexibility index (Phi) is 3.40. The lowest BCUT2D eigenvalue weighted by Gasteiger charge is -2.13. The molecule has 1 aromatic carbocycles. The maximum absolute atomic E-state index is 12.4. The fourth-order valence-electron chi connectivity index (χ4n) is 1.27. The molecule has 0 amide bonds. The molecular formula is C10H7F5O2. The molecule has 2 nitrogen and oxygen atoms in total. The molecule has 0 aliphatic rings. The second-order valence-electron chi connectivity index (χ2n) is 3.32. The standard InChI is InChI=1S/C10H7F5O2/c1-4(16)6-2-5(9(11)12)3-7(8(6)17)10(13,14)15/h2-3,9,17H,1H3. The number of carbonyl (C=O) groups is 1. The third kappa shape index (κ3) is 2.72. The van der Waals surface area contributed by atoms with Crippen molar-refractivity contribution in [3.8, 4) is 5.75 Å². The molecule has 17 heavy (non-hydrogen) atoms. The van der Waals surface area contributed by atoms with Gasteiger partial charge in [0.1, 0.15) is 5.75 Å². The van der Waals surface area contributed by atoms with E-state index in [1.165, 1.54) is 0 Å². The molecule has 0 atom stereocenters. The molecule has 0 aliphatic carbocycles. The predicted molar refractivity (Wildman–Crippen MR) is 48.1 cm³/mol. The summed E-state index contributed by atoms with van der Waals surface area (Å²) in [6, 6.07) is 0.685. The lowest BCUT2D eigenvalue weighted by atomic mass is 10.0. The van der Waals surface area contributed by atoms with Crippen LogP contribution in [0.25, 0.3) is 0 Å². The van der Waals surface area contributed by atoms with Crippen LogP contribution in [0.5, 0.6) is 5.75 Å². The van der Waals surface area contributed by atoms with Gasteiger partial charge in [-0.3, -0.25) is 4.79 Å². The van der Waals surface area contributed by atoms with Gasteiger partial charge in [0.25, 0.3) is 6.43 Å². The predicted octanol–water partition coefficient (Wildman–Crippen LogP) is 3.55. The van der Waals surface area contributed by atoms with E-state index >= 15 is 0 Å². The minimum absolute atomic E-state index is 0.131. The lowest BCUT2D eigenvalue weighted by Crippen LogP contribution is -2.09. The smallest absolute Gasteiger partial charge is 0.419 e. The number of benzene rings is 1. The Morgan fingerprint density at radius 1 is 1.29 bits per heavy atom. The number of phenolic OH excluding ortho intramolecular Hbond substituents is 1. The van der Waals surface area contributed by atoms with Crippen molar-refractivity contribution in [2.45, 2.75) is 19.5 Å². The summed E-state index contributed by atoms with van der Waals surface area (Å²) in [5, 5.41) is 9.22. The molecule has 0 spiro atoms. The van der Waals surface area contributed by atoms with Gasteiger partial charge in [0.15, 0.2) is 5.78 Å². The highest BCUT2D eigenvalue weighted by Gasteiger charge is 2.36. The highest BCUT2D eigenvalue weighted by Crippen LogP contribution is 2.40. The molecule has 0 radical (unpaired) electrons. The molecule has 0 heterocycles. The summed E-state index contributed by atoms with van der Waals surface area (Å²) < 4.78 is 62.0. The van der Waals surface area contributed by atoms with Gasteiger partial charge in [-0.15, -0.1) is 0 Å². The summed E-state index contributed by atoms with van der Waals surface area (Å²) >= 11 is 0. The number of alkyl halides is 5. The van der Waals surface area contributed by atoms with Gasteiger partial charge in [-0.25, -0.2) is 8.78 Å². The van der Waals surface area contributed by atoms with E-state index in [2.05, 4.69) is 0 Å². The number of aromatic hydroxyl groups is 1. The van der Waals surface area contributed by atoms with E-state index in [-0.39, 0.29) is 6.07 Å². The molecule has 0 saturated heterocycles. The van der Waals surface area contributed by atoms with E-state index in [1.807, 2.05) is 0 Å². The number of ketones is 1. The first kappa shape index (κ1) is 13.4. The minimum atomic E-state index is -5.00. The molecule has 0 unspecified atom stereocenters. The monoisotopic (exact) mass is 254 g/mol. The number of halogens is 5. The molecule has 1 rings (SSSR count). The van der Waals surface area contributed by atoms with E-state index in [9.17, 15) is 31.9 Å². The second kappa shape index (κ2) is 4.31. The maximum Gasteiger partial charge on any atom is 0.419 e. The number of hydrogen-bond acceptors (Lipinski definition) is 2. The molecule has 1 aromatic rings. The van der Waals surface area contributed by atoms with Gasteiger partial charge in [0, 0.05) is 5.56 Å². The Morgan fingerprint density at radius 2 is 1.82 bits per heavy atom. The van der Waals surface area contributed by atoms with Gasteiger partial charge in [-0.2, -0.15) is 13.2 Å². The van der Waals surface area contributed by atoms with Crippen LogP contribution in [0, 0.1) is 0 Å². The summed E-state index contributed by atoms with van der Waals surface area (Å²) in [7, 11) is 0. The first-order valence-electron chi connectivity index (χ1n) is 4.37. The molecule has 0 aliphatic heterocycles. The van der Waals surface area contributed by atoms with Gasteiger partial charge in [-0.1, -0.05) is 0 Å². The van der Waals surface area contributed by atoms with E-state index in [4.69, 9.17) is 0 Å². The van der Waals surface area contributed by atoms with Crippen LogP contribution in [0.2, 0.25) is 0 Å². The topological polar surface area (TPSA) is 37.3 Å². The normalized spacial score (nSPS) is 11.9. The quantitative estimate of drug-likeness (QED) is 0.647. The minimum Gasteiger partial charge on any atom is -0.507 e. The van der Waals surface area contributed by atoms with Crippen LogP contribution < -0.4 is 0 Å². The van der Waals surface area contributed by atoms with Crippen LogP contribution in [-0.2, 0) is 6.18 Å². The average molecular weight is 254 g/mol. The Bertz CT molecular complexity index is 451. The first-order chi connectivity index (χ1) is 7.64. The number of phenols is 1. The van der Waals surface area contributed by atoms with E-state index in [1.54, 1.807) is 0 Å². The van der Waals surface area contributed by atoms with Gasteiger partial charge >= 0.3 is 6.18 Å². The van der Waals surface area contributed by atoms with E-state index in [0.717, 1.165) is 6.92 Å². The fraction of sp³-hybridized carbons (Fsp3) is 0.300. The molecule has 0 aromatic heterocycles. The third-order valence-corrected chi connectivity index (χ3v) is 2.07. The van der Waals surface area contributed by atoms with Crippen molar-refractivity contribution in [3.05, 3.63) is 28.8 Å². The summed E-state index contributed by atoms with van der Waals surface area (Å²) in [6.07, 6.45) is -8.16. The van der Waals surface area contributed by atoms with Crippen molar-refractivity contribution >= 4 is 5.78 Å². The molecule has 0 saturated carbocycles. The third-order valence-electron chi connectivity index (χ3n) is 2.07. The van der Waals surface area contributed by atoms with Crippen LogP contribution in [0.15, 0.2) is 12.1 Å². The SMILES string of the molecule is CC(=O)c1cc(C(F)F)cc(C(F)(F)F)c1O. The van der Waals surface area contributed by atoms with Crippen LogP contribution in [0.3, 0.4) is 0 Å². The molecule has 94 valence electrons.